The molecule has 2 aromatic rings. The molecule has 92 valence electrons. The molecule has 0 spiro atoms. The van der Waals surface area contributed by atoms with Crippen LogP contribution in [0.1, 0.15) is 24.4 Å². The van der Waals surface area contributed by atoms with Gasteiger partial charge in [-0.3, -0.25) is 9.36 Å². The van der Waals surface area contributed by atoms with Gasteiger partial charge in [0.15, 0.2) is 0 Å². The van der Waals surface area contributed by atoms with Gasteiger partial charge in [0.05, 0.1) is 28.6 Å². The second-order valence-corrected chi connectivity index (χ2v) is 4.59. The zero-order valence-electron chi connectivity index (χ0n) is 10.1. The third kappa shape index (κ3) is 2.25. The SMILES string of the molecule is CCn1ncc(Br)c1C(NC)c1cn(C)nn1. The highest BCUT2D eigenvalue weighted by Crippen LogP contribution is 2.26. The summed E-state index contributed by atoms with van der Waals surface area (Å²) < 4.78 is 4.62. The summed E-state index contributed by atoms with van der Waals surface area (Å²) in [6.45, 7) is 2.88. The van der Waals surface area contributed by atoms with Gasteiger partial charge in [0.25, 0.3) is 0 Å². The van der Waals surface area contributed by atoms with Gasteiger partial charge in [-0.2, -0.15) is 5.10 Å². The molecule has 0 aliphatic heterocycles. The highest BCUT2D eigenvalue weighted by atomic mass is 79.9. The van der Waals surface area contributed by atoms with Gasteiger partial charge in [0.2, 0.25) is 0 Å². The summed E-state index contributed by atoms with van der Waals surface area (Å²) in [5, 5.41) is 15.7. The Morgan fingerprint density at radius 1 is 1.53 bits per heavy atom. The van der Waals surface area contributed by atoms with Crippen LogP contribution >= 0.6 is 15.9 Å². The Kier molecular flexibility index (Phi) is 3.58. The van der Waals surface area contributed by atoms with E-state index in [9.17, 15) is 0 Å². The van der Waals surface area contributed by atoms with Crippen molar-refractivity contribution in [3.8, 4) is 0 Å². The number of halogens is 1. The van der Waals surface area contributed by atoms with Crippen LogP contribution in [-0.2, 0) is 13.6 Å². The number of hydrogen-bond donors (Lipinski definition) is 1. The molecule has 6 nitrogen and oxygen atoms in total. The first-order valence-electron chi connectivity index (χ1n) is 5.42. The Morgan fingerprint density at radius 3 is 2.82 bits per heavy atom. The highest BCUT2D eigenvalue weighted by molar-refractivity contribution is 9.10. The van der Waals surface area contributed by atoms with Gasteiger partial charge in [0, 0.05) is 13.6 Å². The van der Waals surface area contributed by atoms with Crippen molar-refractivity contribution in [1.82, 2.24) is 30.1 Å². The fraction of sp³-hybridized carbons (Fsp3) is 0.500. The van der Waals surface area contributed by atoms with E-state index in [2.05, 4.69) is 43.6 Å². The van der Waals surface area contributed by atoms with Gasteiger partial charge in [-0.1, -0.05) is 5.21 Å². The Bertz CT molecular complexity index is 503. The average Bonchev–Trinajstić information content (AvgIpc) is 2.89. The number of aryl methyl sites for hydroxylation is 2. The molecule has 7 heteroatoms. The van der Waals surface area contributed by atoms with Gasteiger partial charge in [-0.25, -0.2) is 0 Å². The second-order valence-electron chi connectivity index (χ2n) is 3.73. The predicted molar refractivity (Wildman–Crippen MR) is 67.5 cm³/mol. The third-order valence-corrected chi connectivity index (χ3v) is 3.22. The predicted octanol–water partition coefficient (Wildman–Crippen LogP) is 1.10. The zero-order chi connectivity index (χ0) is 12.4. The minimum Gasteiger partial charge on any atom is -0.307 e. The van der Waals surface area contributed by atoms with E-state index in [0.717, 1.165) is 22.4 Å². The lowest BCUT2D eigenvalue weighted by molar-refractivity contribution is 0.553. The largest absolute Gasteiger partial charge is 0.307 e. The molecule has 0 fully saturated rings. The quantitative estimate of drug-likeness (QED) is 0.918. The molecule has 1 atom stereocenters. The molecule has 1 unspecified atom stereocenters. The first-order chi connectivity index (χ1) is 8.17. The monoisotopic (exact) mass is 298 g/mol. The maximum Gasteiger partial charge on any atom is 0.106 e. The van der Waals surface area contributed by atoms with Crippen molar-refractivity contribution in [3.63, 3.8) is 0 Å². The molecule has 2 rings (SSSR count). The molecule has 2 heterocycles. The molecule has 0 saturated heterocycles. The summed E-state index contributed by atoms with van der Waals surface area (Å²) in [7, 11) is 3.76. The summed E-state index contributed by atoms with van der Waals surface area (Å²) >= 11 is 3.53. The van der Waals surface area contributed by atoms with Gasteiger partial charge < -0.3 is 5.32 Å². The van der Waals surface area contributed by atoms with E-state index in [1.807, 2.05) is 25.0 Å². The fourth-order valence-corrected chi connectivity index (χ4v) is 2.36. The molecule has 0 radical (unpaired) electrons. The van der Waals surface area contributed by atoms with E-state index in [4.69, 9.17) is 0 Å². The molecule has 17 heavy (non-hydrogen) atoms. The molecular weight excluding hydrogens is 284 g/mol. The fourth-order valence-electron chi connectivity index (χ4n) is 1.83. The van der Waals surface area contributed by atoms with E-state index >= 15 is 0 Å². The van der Waals surface area contributed by atoms with Crippen LogP contribution < -0.4 is 5.32 Å². The molecule has 0 aromatic carbocycles. The molecule has 0 saturated carbocycles. The minimum atomic E-state index is -0.0134. The first-order valence-corrected chi connectivity index (χ1v) is 6.21. The Hall–Kier alpha value is -1.21. The van der Waals surface area contributed by atoms with E-state index in [-0.39, 0.29) is 6.04 Å². The van der Waals surface area contributed by atoms with Crippen LogP contribution in [0.15, 0.2) is 16.9 Å². The lowest BCUT2D eigenvalue weighted by Gasteiger charge is -2.15. The van der Waals surface area contributed by atoms with Crippen molar-refractivity contribution in [3.05, 3.63) is 28.3 Å². The van der Waals surface area contributed by atoms with Crippen LogP contribution in [0.4, 0.5) is 0 Å². The molecular formula is C10H15BrN6. The third-order valence-electron chi connectivity index (χ3n) is 2.61. The Labute approximate surface area is 108 Å². The van der Waals surface area contributed by atoms with Crippen molar-refractivity contribution in [1.29, 1.82) is 0 Å². The number of nitrogens with one attached hydrogen (secondary N) is 1. The lowest BCUT2D eigenvalue weighted by Crippen LogP contribution is -2.22. The van der Waals surface area contributed by atoms with E-state index in [0.29, 0.717) is 0 Å². The molecule has 0 amide bonds. The van der Waals surface area contributed by atoms with Crippen LogP contribution in [-0.4, -0.2) is 31.8 Å². The lowest BCUT2D eigenvalue weighted by atomic mass is 10.1. The maximum atomic E-state index is 4.31. The van der Waals surface area contributed by atoms with E-state index < -0.39 is 0 Å². The number of aromatic nitrogens is 5. The first kappa shape index (κ1) is 12.3. The highest BCUT2D eigenvalue weighted by Gasteiger charge is 2.22. The minimum absolute atomic E-state index is 0.0134. The van der Waals surface area contributed by atoms with Crippen molar-refractivity contribution < 1.29 is 0 Å². The summed E-state index contributed by atoms with van der Waals surface area (Å²) in [6, 6.07) is -0.0134. The van der Waals surface area contributed by atoms with Crippen molar-refractivity contribution >= 4 is 15.9 Å². The molecule has 0 bridgehead atoms. The number of nitrogens with zero attached hydrogens (tertiary/aromatic N) is 5. The van der Waals surface area contributed by atoms with Crippen LogP contribution in [0.25, 0.3) is 0 Å². The van der Waals surface area contributed by atoms with E-state index in [1.54, 1.807) is 10.9 Å². The summed E-state index contributed by atoms with van der Waals surface area (Å²) in [4.78, 5) is 0. The topological polar surface area (TPSA) is 60.6 Å². The van der Waals surface area contributed by atoms with Crippen LogP contribution in [0.5, 0.6) is 0 Å². The Balaban J connectivity index is 2.44. The van der Waals surface area contributed by atoms with Crippen LogP contribution in [0.2, 0.25) is 0 Å². The summed E-state index contributed by atoms with van der Waals surface area (Å²) in [5.41, 5.74) is 1.95. The van der Waals surface area contributed by atoms with Crippen molar-refractivity contribution in [2.75, 3.05) is 7.05 Å². The molecule has 2 aromatic heterocycles. The second kappa shape index (κ2) is 4.97. The maximum absolute atomic E-state index is 4.31. The van der Waals surface area contributed by atoms with Crippen LogP contribution in [0.3, 0.4) is 0 Å². The molecule has 1 N–H and O–H groups in total. The van der Waals surface area contributed by atoms with Crippen LogP contribution in [0, 0.1) is 0 Å². The van der Waals surface area contributed by atoms with Crippen molar-refractivity contribution in [2.45, 2.75) is 19.5 Å². The summed E-state index contributed by atoms with van der Waals surface area (Å²) in [5.74, 6) is 0. The van der Waals surface area contributed by atoms with Gasteiger partial charge in [-0.15, -0.1) is 5.10 Å². The van der Waals surface area contributed by atoms with Gasteiger partial charge in [-0.05, 0) is 29.9 Å². The summed E-state index contributed by atoms with van der Waals surface area (Å²) in [6.07, 6.45) is 3.71. The van der Waals surface area contributed by atoms with E-state index in [1.165, 1.54) is 0 Å². The number of hydrogen-bond acceptors (Lipinski definition) is 4. The average molecular weight is 299 g/mol. The van der Waals surface area contributed by atoms with Crippen molar-refractivity contribution in [2.24, 2.45) is 7.05 Å². The standard InChI is InChI=1S/C10H15BrN6/c1-4-17-10(7(11)5-13-17)9(12-2)8-6-16(3)15-14-8/h5-6,9,12H,4H2,1-3H3. The number of rotatable bonds is 4. The normalized spacial score (nSPS) is 12.9. The van der Waals surface area contributed by atoms with Gasteiger partial charge in [0.1, 0.15) is 5.69 Å². The molecule has 0 aliphatic rings. The Morgan fingerprint density at radius 2 is 2.29 bits per heavy atom. The molecule has 0 aliphatic carbocycles. The van der Waals surface area contributed by atoms with Gasteiger partial charge >= 0.3 is 0 Å². The zero-order valence-corrected chi connectivity index (χ0v) is 11.6. The smallest absolute Gasteiger partial charge is 0.106 e.